The van der Waals surface area contributed by atoms with Crippen molar-refractivity contribution in [3.8, 4) is 0 Å². The number of benzene rings is 1. The zero-order chi connectivity index (χ0) is 15.6. The number of nitrogens with two attached hydrogens (primary N) is 1. The molecule has 5 heteroatoms. The van der Waals surface area contributed by atoms with E-state index in [0.717, 1.165) is 29.4 Å². The van der Waals surface area contributed by atoms with Gasteiger partial charge in [-0.25, -0.2) is 9.97 Å². The largest absolute Gasteiger partial charge is 0.351 e. The van der Waals surface area contributed by atoms with E-state index in [1.165, 1.54) is 12.8 Å². The second-order valence-electron chi connectivity index (χ2n) is 6.36. The van der Waals surface area contributed by atoms with Crippen molar-refractivity contribution >= 4 is 17.3 Å². The lowest BCUT2D eigenvalue weighted by Crippen LogP contribution is -2.38. The van der Waals surface area contributed by atoms with Crippen molar-refractivity contribution in [2.24, 2.45) is 5.73 Å². The lowest BCUT2D eigenvalue weighted by atomic mass is 10.0. The van der Waals surface area contributed by atoms with Gasteiger partial charge >= 0.3 is 0 Å². The summed E-state index contributed by atoms with van der Waals surface area (Å²) in [5.41, 5.74) is 7.94. The first-order chi connectivity index (χ1) is 10.6. The summed E-state index contributed by atoms with van der Waals surface area (Å²) in [4.78, 5) is 11.1. The third kappa shape index (κ3) is 3.04. The molecule has 0 unspecified atom stereocenters. The van der Waals surface area contributed by atoms with Gasteiger partial charge < -0.3 is 16.0 Å². The van der Waals surface area contributed by atoms with Gasteiger partial charge in [-0.15, -0.1) is 0 Å². The zero-order valence-electron chi connectivity index (χ0n) is 13.2. The van der Waals surface area contributed by atoms with Crippen molar-refractivity contribution in [1.82, 2.24) is 9.97 Å². The highest BCUT2D eigenvalue weighted by molar-refractivity contribution is 5.60. The fraction of sp³-hybridized carbons (Fsp3) is 0.412. The minimum absolute atomic E-state index is 0.158. The fourth-order valence-electron chi connectivity index (χ4n) is 3.02. The third-order valence-electron chi connectivity index (χ3n) is 4.27. The number of hydrogen-bond acceptors (Lipinski definition) is 5. The van der Waals surface area contributed by atoms with Gasteiger partial charge in [0.1, 0.15) is 18.0 Å². The smallest absolute Gasteiger partial charge is 0.135 e. The molecule has 1 aliphatic rings. The molecule has 3 rings (SSSR count). The molecular weight excluding hydrogens is 274 g/mol. The molecule has 116 valence electrons. The normalized spacial score (nSPS) is 16.8. The van der Waals surface area contributed by atoms with Crippen LogP contribution in [-0.4, -0.2) is 22.1 Å². The lowest BCUT2D eigenvalue weighted by Gasteiger charge is -2.32. The minimum Gasteiger partial charge on any atom is -0.351 e. The topological polar surface area (TPSA) is 67.1 Å². The lowest BCUT2D eigenvalue weighted by molar-refractivity contribution is 0.514. The number of hydrogen-bond donors (Lipinski definition) is 2. The van der Waals surface area contributed by atoms with Gasteiger partial charge in [-0.3, -0.25) is 0 Å². The van der Waals surface area contributed by atoms with Crippen molar-refractivity contribution in [1.29, 1.82) is 0 Å². The molecule has 0 radical (unpaired) electrons. The molecule has 1 fully saturated rings. The van der Waals surface area contributed by atoms with Crippen molar-refractivity contribution in [3.05, 3.63) is 42.2 Å². The predicted octanol–water partition coefficient (Wildman–Crippen LogP) is 3.06. The van der Waals surface area contributed by atoms with Gasteiger partial charge in [0.15, 0.2) is 0 Å². The predicted molar refractivity (Wildman–Crippen MR) is 90.3 cm³/mol. The van der Waals surface area contributed by atoms with E-state index in [1.54, 1.807) is 6.33 Å². The molecule has 2 heterocycles. The second-order valence-corrected chi connectivity index (χ2v) is 6.36. The van der Waals surface area contributed by atoms with Gasteiger partial charge in [-0.1, -0.05) is 12.1 Å². The van der Waals surface area contributed by atoms with Crippen LogP contribution in [0.2, 0.25) is 0 Å². The van der Waals surface area contributed by atoms with Crippen LogP contribution in [0.1, 0.15) is 32.3 Å². The summed E-state index contributed by atoms with van der Waals surface area (Å²) in [7, 11) is 0. The van der Waals surface area contributed by atoms with Gasteiger partial charge in [0.05, 0.1) is 0 Å². The van der Waals surface area contributed by atoms with E-state index in [4.69, 9.17) is 5.73 Å². The van der Waals surface area contributed by atoms with Gasteiger partial charge in [0.2, 0.25) is 0 Å². The Balaban J connectivity index is 1.82. The van der Waals surface area contributed by atoms with Crippen LogP contribution < -0.4 is 16.0 Å². The molecule has 5 nitrogen and oxygen atoms in total. The van der Waals surface area contributed by atoms with Crippen LogP contribution in [0, 0.1) is 0 Å². The Hall–Kier alpha value is -2.14. The number of nitrogens with one attached hydrogen (secondary N) is 1. The molecule has 1 aromatic carbocycles. The first-order valence-electron chi connectivity index (χ1n) is 7.74. The van der Waals surface area contributed by atoms with Crippen molar-refractivity contribution in [3.63, 3.8) is 0 Å². The Kier molecular flexibility index (Phi) is 3.98. The molecule has 0 amide bonds. The molecule has 0 saturated carbocycles. The molecule has 1 saturated heterocycles. The van der Waals surface area contributed by atoms with Crippen molar-refractivity contribution in [2.45, 2.75) is 38.8 Å². The van der Waals surface area contributed by atoms with Crippen LogP contribution in [0.3, 0.4) is 0 Å². The summed E-state index contributed by atoms with van der Waals surface area (Å²) in [6, 6.07) is 10.1. The first-order valence-corrected chi connectivity index (χ1v) is 7.74. The van der Waals surface area contributed by atoms with Crippen LogP contribution in [0.15, 0.2) is 36.7 Å². The van der Waals surface area contributed by atoms with Crippen molar-refractivity contribution < 1.29 is 0 Å². The molecule has 0 atom stereocenters. The number of aromatic nitrogens is 2. The van der Waals surface area contributed by atoms with E-state index < -0.39 is 0 Å². The molecule has 2 aromatic rings. The quantitative estimate of drug-likeness (QED) is 0.908. The highest BCUT2D eigenvalue weighted by Gasteiger charge is 2.32. The van der Waals surface area contributed by atoms with E-state index in [0.29, 0.717) is 6.54 Å². The van der Waals surface area contributed by atoms with Gasteiger partial charge in [0.25, 0.3) is 0 Å². The first kappa shape index (κ1) is 14.8. The number of rotatable bonds is 4. The summed E-state index contributed by atoms with van der Waals surface area (Å²) >= 11 is 0. The van der Waals surface area contributed by atoms with Crippen molar-refractivity contribution in [2.75, 3.05) is 16.8 Å². The van der Waals surface area contributed by atoms with Gasteiger partial charge in [0, 0.05) is 30.4 Å². The molecule has 3 N–H and O–H groups in total. The molecule has 22 heavy (non-hydrogen) atoms. The summed E-state index contributed by atoms with van der Waals surface area (Å²) in [6.45, 7) is 6.11. The Morgan fingerprint density at radius 1 is 1.27 bits per heavy atom. The van der Waals surface area contributed by atoms with E-state index in [9.17, 15) is 0 Å². The molecule has 0 bridgehead atoms. The highest BCUT2D eigenvalue weighted by atomic mass is 15.3. The van der Waals surface area contributed by atoms with Crippen LogP contribution in [0.25, 0.3) is 0 Å². The van der Waals surface area contributed by atoms with Crippen LogP contribution in [-0.2, 0) is 6.54 Å². The molecular formula is C17H23N5. The molecule has 1 aliphatic heterocycles. The summed E-state index contributed by atoms with van der Waals surface area (Å²) in [6.07, 6.45) is 4.02. The Bertz CT molecular complexity index is 653. The van der Waals surface area contributed by atoms with Crippen LogP contribution >= 0.6 is 0 Å². The molecule has 0 aliphatic carbocycles. The highest BCUT2D eigenvalue weighted by Crippen LogP contribution is 2.33. The SMILES string of the molecule is CC1(C)CCCN1c1cc(Nc2cccc(CN)c2)ncn1. The Labute approximate surface area is 131 Å². The van der Waals surface area contributed by atoms with Gasteiger partial charge in [-0.2, -0.15) is 0 Å². The molecule has 0 spiro atoms. The average molecular weight is 297 g/mol. The summed E-state index contributed by atoms with van der Waals surface area (Å²) in [5, 5.41) is 3.34. The summed E-state index contributed by atoms with van der Waals surface area (Å²) < 4.78 is 0. The van der Waals surface area contributed by atoms with E-state index in [2.05, 4.69) is 34.0 Å². The van der Waals surface area contributed by atoms with Crippen LogP contribution in [0.5, 0.6) is 0 Å². The maximum absolute atomic E-state index is 5.69. The summed E-state index contributed by atoms with van der Waals surface area (Å²) in [5.74, 6) is 1.79. The standard InChI is InChI=1S/C17H23N5/c1-17(2)7-4-8-22(17)16-10-15(19-12-20-16)21-14-6-3-5-13(9-14)11-18/h3,5-6,9-10,12H,4,7-8,11,18H2,1-2H3,(H,19,20,21). The van der Waals surface area contributed by atoms with E-state index >= 15 is 0 Å². The van der Waals surface area contributed by atoms with Crippen LogP contribution in [0.4, 0.5) is 17.3 Å². The third-order valence-corrected chi connectivity index (χ3v) is 4.27. The maximum Gasteiger partial charge on any atom is 0.135 e. The van der Waals surface area contributed by atoms with E-state index in [1.807, 2.05) is 30.3 Å². The monoisotopic (exact) mass is 297 g/mol. The maximum atomic E-state index is 5.69. The van der Waals surface area contributed by atoms with E-state index in [-0.39, 0.29) is 5.54 Å². The second kappa shape index (κ2) is 5.93. The number of nitrogens with zero attached hydrogens (tertiary/aromatic N) is 3. The molecule has 1 aromatic heterocycles. The Morgan fingerprint density at radius 2 is 2.14 bits per heavy atom. The zero-order valence-corrected chi connectivity index (χ0v) is 13.2. The Morgan fingerprint density at radius 3 is 2.86 bits per heavy atom. The number of anilines is 3. The van der Waals surface area contributed by atoms with Gasteiger partial charge in [-0.05, 0) is 44.4 Å². The average Bonchev–Trinajstić information content (AvgIpc) is 2.87. The fourth-order valence-corrected chi connectivity index (χ4v) is 3.02. The minimum atomic E-state index is 0.158.